The van der Waals surface area contributed by atoms with Gasteiger partial charge in [-0.1, -0.05) is 26.0 Å². The second kappa shape index (κ2) is 7.11. The molecule has 3 rings (SSSR count). The van der Waals surface area contributed by atoms with E-state index in [1.165, 1.54) is 13.2 Å². The molecule has 0 spiro atoms. The lowest BCUT2D eigenvalue weighted by molar-refractivity contribution is -0.384. The van der Waals surface area contributed by atoms with Crippen LogP contribution in [0.1, 0.15) is 31.7 Å². The molecular formula is C18H23BN3O4. The SMILES string of the molecule is CO[B]C(=O)NCC(C)(C)[C@H]1Nc2ccc([N+](=O)[O-])cc2C2C=CC[C@H]21. The number of hydrogen-bond donors (Lipinski definition) is 2. The Kier molecular flexibility index (Phi) is 5.04. The summed E-state index contributed by atoms with van der Waals surface area (Å²) in [6.07, 6.45) is 5.20. The van der Waals surface area contributed by atoms with Gasteiger partial charge in [-0.3, -0.25) is 14.9 Å². The number of benzene rings is 1. The van der Waals surface area contributed by atoms with Crippen LogP contribution >= 0.6 is 0 Å². The largest absolute Gasteiger partial charge is 0.433 e. The summed E-state index contributed by atoms with van der Waals surface area (Å²) in [5.41, 5.74) is 1.80. The van der Waals surface area contributed by atoms with E-state index in [0.717, 1.165) is 25.2 Å². The maximum Gasteiger partial charge on any atom is 0.406 e. The van der Waals surface area contributed by atoms with E-state index >= 15 is 0 Å². The third-order valence-electron chi connectivity index (χ3n) is 5.34. The third-order valence-corrected chi connectivity index (χ3v) is 5.34. The number of nitro benzene ring substituents is 1. The fourth-order valence-electron chi connectivity index (χ4n) is 4.04. The van der Waals surface area contributed by atoms with Gasteiger partial charge in [0, 0.05) is 48.8 Å². The lowest BCUT2D eigenvalue weighted by Crippen LogP contribution is -2.51. The van der Waals surface area contributed by atoms with Crippen LogP contribution in [0.2, 0.25) is 0 Å². The Bertz CT molecular complexity index is 750. The Morgan fingerprint density at radius 3 is 2.96 bits per heavy atom. The molecular weight excluding hydrogens is 333 g/mol. The number of nitrogens with one attached hydrogen (secondary N) is 2. The van der Waals surface area contributed by atoms with Crippen molar-refractivity contribution in [2.75, 3.05) is 19.0 Å². The molecule has 0 aromatic heterocycles. The average molecular weight is 356 g/mol. The van der Waals surface area contributed by atoms with Crippen LogP contribution in [-0.4, -0.2) is 37.9 Å². The molecule has 1 radical (unpaired) electrons. The van der Waals surface area contributed by atoms with E-state index in [-0.39, 0.29) is 33.8 Å². The summed E-state index contributed by atoms with van der Waals surface area (Å²) in [4.78, 5) is 22.5. The smallest absolute Gasteiger partial charge is 0.406 e. The zero-order valence-electron chi connectivity index (χ0n) is 15.2. The van der Waals surface area contributed by atoms with E-state index in [0.29, 0.717) is 12.5 Å². The molecule has 7 nitrogen and oxygen atoms in total. The number of rotatable bonds is 6. The predicted molar refractivity (Wildman–Crippen MR) is 100 cm³/mol. The van der Waals surface area contributed by atoms with Crippen molar-refractivity contribution in [1.82, 2.24) is 5.32 Å². The highest BCUT2D eigenvalue weighted by Crippen LogP contribution is 2.49. The molecule has 3 atom stereocenters. The second-order valence-electron chi connectivity index (χ2n) is 7.56. The Balaban J connectivity index is 1.84. The lowest BCUT2D eigenvalue weighted by atomic mass is 9.69. The number of fused-ring (bicyclic) bond motifs is 3. The highest BCUT2D eigenvalue weighted by atomic mass is 16.6. The van der Waals surface area contributed by atoms with Crippen molar-refractivity contribution in [2.24, 2.45) is 11.3 Å². The quantitative estimate of drug-likeness (QED) is 0.354. The summed E-state index contributed by atoms with van der Waals surface area (Å²) in [5, 5.41) is 17.6. The van der Waals surface area contributed by atoms with E-state index < -0.39 is 0 Å². The van der Waals surface area contributed by atoms with Gasteiger partial charge in [0.15, 0.2) is 0 Å². The maximum absolute atomic E-state index is 11.7. The summed E-state index contributed by atoms with van der Waals surface area (Å²) in [6, 6.07) is 5.12. The fraction of sp³-hybridized carbons (Fsp3) is 0.500. The topological polar surface area (TPSA) is 93.5 Å². The van der Waals surface area contributed by atoms with Crippen molar-refractivity contribution in [3.05, 3.63) is 46.0 Å². The molecule has 137 valence electrons. The van der Waals surface area contributed by atoms with Crippen molar-refractivity contribution >= 4 is 24.7 Å². The van der Waals surface area contributed by atoms with Crippen molar-refractivity contribution in [3.8, 4) is 0 Å². The number of amides is 1. The number of non-ortho nitro benzene ring substituents is 1. The van der Waals surface area contributed by atoms with E-state index in [1.54, 1.807) is 12.1 Å². The molecule has 2 aliphatic rings. The van der Waals surface area contributed by atoms with Crippen LogP contribution in [0.3, 0.4) is 0 Å². The first-order valence-electron chi connectivity index (χ1n) is 8.69. The molecule has 1 heterocycles. The van der Waals surface area contributed by atoms with Gasteiger partial charge in [0.05, 0.1) is 4.92 Å². The van der Waals surface area contributed by atoms with Crippen LogP contribution in [0.15, 0.2) is 30.4 Å². The molecule has 0 saturated heterocycles. The molecule has 0 fully saturated rings. The van der Waals surface area contributed by atoms with Gasteiger partial charge in [0.1, 0.15) is 0 Å². The standard InChI is InChI=1S/C18H23BN3O4/c1-18(2,10-20-17(23)19-26-3)16-13-6-4-5-12(13)14-9-11(22(24)25)7-8-15(14)21-16/h4-5,7-9,12-13,16,21H,6,10H2,1-3H3,(H,20,23)/t12?,13-,16+/m1/s1. The summed E-state index contributed by atoms with van der Waals surface area (Å²) < 4.78 is 4.74. The van der Waals surface area contributed by atoms with Crippen molar-refractivity contribution in [3.63, 3.8) is 0 Å². The molecule has 1 unspecified atom stereocenters. The Labute approximate surface area is 153 Å². The molecule has 26 heavy (non-hydrogen) atoms. The van der Waals surface area contributed by atoms with E-state index in [9.17, 15) is 14.9 Å². The first-order valence-corrected chi connectivity index (χ1v) is 8.69. The first kappa shape index (κ1) is 18.4. The second-order valence-corrected chi connectivity index (χ2v) is 7.56. The lowest BCUT2D eigenvalue weighted by Gasteiger charge is -2.45. The number of anilines is 1. The minimum Gasteiger partial charge on any atom is -0.433 e. The monoisotopic (exact) mass is 356 g/mol. The van der Waals surface area contributed by atoms with Crippen molar-refractivity contribution in [2.45, 2.75) is 32.2 Å². The van der Waals surface area contributed by atoms with Gasteiger partial charge in [-0.2, -0.15) is 0 Å². The first-order chi connectivity index (χ1) is 12.3. The van der Waals surface area contributed by atoms with E-state index in [2.05, 4.69) is 36.6 Å². The minimum absolute atomic E-state index is 0.115. The number of carbonyl (C=O) groups excluding carboxylic acids is 1. The number of nitro groups is 1. The molecule has 0 saturated carbocycles. The number of allylic oxidation sites excluding steroid dienone is 2. The van der Waals surface area contributed by atoms with Crippen LogP contribution in [0.4, 0.5) is 16.2 Å². The average Bonchev–Trinajstić information content (AvgIpc) is 3.09. The minimum atomic E-state index is -0.355. The van der Waals surface area contributed by atoms with Crippen LogP contribution in [0.25, 0.3) is 0 Å². The predicted octanol–water partition coefficient (Wildman–Crippen LogP) is 3.05. The third kappa shape index (κ3) is 3.46. The molecule has 1 aliphatic carbocycles. The molecule has 1 aliphatic heterocycles. The van der Waals surface area contributed by atoms with E-state index in [1.807, 2.05) is 0 Å². The Hall–Kier alpha value is -2.35. The Morgan fingerprint density at radius 1 is 1.50 bits per heavy atom. The molecule has 1 aromatic rings. The van der Waals surface area contributed by atoms with Gasteiger partial charge in [0.2, 0.25) is 5.81 Å². The molecule has 1 amide bonds. The highest BCUT2D eigenvalue weighted by molar-refractivity contribution is 6.68. The fourth-order valence-corrected chi connectivity index (χ4v) is 4.04. The van der Waals surface area contributed by atoms with Gasteiger partial charge < -0.3 is 15.3 Å². The summed E-state index contributed by atoms with van der Waals surface area (Å²) >= 11 is 0. The van der Waals surface area contributed by atoms with Gasteiger partial charge in [-0.15, -0.1) is 0 Å². The highest BCUT2D eigenvalue weighted by Gasteiger charge is 2.44. The van der Waals surface area contributed by atoms with Gasteiger partial charge in [0.25, 0.3) is 5.69 Å². The van der Waals surface area contributed by atoms with Gasteiger partial charge in [-0.25, -0.2) is 0 Å². The molecule has 2 N–H and O–H groups in total. The van der Waals surface area contributed by atoms with Crippen molar-refractivity contribution in [1.29, 1.82) is 0 Å². The van der Waals surface area contributed by atoms with Crippen LogP contribution < -0.4 is 10.6 Å². The zero-order chi connectivity index (χ0) is 18.9. The molecule has 8 heteroatoms. The number of nitrogens with zero attached hydrogens (tertiary/aromatic N) is 1. The summed E-state index contributed by atoms with van der Waals surface area (Å²) in [6.45, 7) is 4.72. The molecule has 0 bridgehead atoms. The number of carbonyl (C=O) groups is 1. The number of hydrogen-bond acceptors (Lipinski definition) is 5. The summed E-state index contributed by atoms with van der Waals surface area (Å²) in [7, 11) is 2.59. The van der Waals surface area contributed by atoms with Crippen LogP contribution in [0.5, 0.6) is 0 Å². The Morgan fingerprint density at radius 2 is 2.27 bits per heavy atom. The zero-order valence-corrected chi connectivity index (χ0v) is 15.2. The molecule has 1 aromatic carbocycles. The normalized spacial score (nSPS) is 23.6. The van der Waals surface area contributed by atoms with Crippen LogP contribution in [-0.2, 0) is 4.65 Å². The van der Waals surface area contributed by atoms with Gasteiger partial charge >= 0.3 is 7.48 Å². The van der Waals surface area contributed by atoms with Crippen LogP contribution in [0, 0.1) is 21.4 Å². The van der Waals surface area contributed by atoms with Gasteiger partial charge in [-0.05, 0) is 24.0 Å². The maximum atomic E-state index is 11.7. The summed E-state index contributed by atoms with van der Waals surface area (Å²) in [5.74, 6) is 0.188. The van der Waals surface area contributed by atoms with Crippen molar-refractivity contribution < 1.29 is 14.4 Å². The van der Waals surface area contributed by atoms with E-state index in [4.69, 9.17) is 4.65 Å².